The standard InChI is InChI=1S/C33H41N3O9/c1-21(2)16-26(28(39)33(19-38)20-45-33)34-30(41)27(18-37)35-29(40)22-10-9-11-23(17-22)44-15-8-4-3-7-14-36-31(42)24-12-5-6-13-25(24)32(36)43/h5-6,9-13,17,21,26-27,37-38H,3-4,7-8,14-16,18-20H2,1-2H3,(H,34,41)(H,35,40)/t26-,27-,33-/m0/s1. The fourth-order valence-corrected chi connectivity index (χ4v) is 5.21. The van der Waals surface area contributed by atoms with Crippen molar-refractivity contribution in [2.24, 2.45) is 5.92 Å². The first-order valence-electron chi connectivity index (χ1n) is 15.3. The van der Waals surface area contributed by atoms with E-state index in [-0.39, 0.29) is 29.9 Å². The number of nitrogens with one attached hydrogen (secondary N) is 2. The number of fused-ring (bicyclic) bond motifs is 1. The average Bonchev–Trinajstić information content (AvgIpc) is 3.80. The van der Waals surface area contributed by atoms with E-state index < -0.39 is 48.5 Å². The van der Waals surface area contributed by atoms with Crippen LogP contribution in [0.4, 0.5) is 0 Å². The second kappa shape index (κ2) is 15.2. The molecular formula is C33H41N3O9. The number of carbonyl (C=O) groups excluding carboxylic acids is 5. The monoisotopic (exact) mass is 623 g/mol. The van der Waals surface area contributed by atoms with Crippen LogP contribution in [0.15, 0.2) is 48.5 Å². The minimum atomic E-state index is -1.31. The summed E-state index contributed by atoms with van der Waals surface area (Å²) in [6.45, 7) is 3.41. The van der Waals surface area contributed by atoms with E-state index in [1.807, 2.05) is 13.8 Å². The number of benzene rings is 2. The van der Waals surface area contributed by atoms with Crippen LogP contribution in [0.3, 0.4) is 0 Å². The highest BCUT2D eigenvalue weighted by molar-refractivity contribution is 6.21. The van der Waals surface area contributed by atoms with Gasteiger partial charge in [0.2, 0.25) is 5.91 Å². The largest absolute Gasteiger partial charge is 0.494 e. The number of rotatable bonds is 18. The van der Waals surface area contributed by atoms with Gasteiger partial charge in [-0.05, 0) is 55.5 Å². The number of ketones is 1. The maximum absolute atomic E-state index is 12.9. The molecule has 242 valence electrons. The second-order valence-corrected chi connectivity index (χ2v) is 11.8. The Balaban J connectivity index is 1.20. The Morgan fingerprint density at radius 2 is 1.60 bits per heavy atom. The lowest BCUT2D eigenvalue weighted by Gasteiger charge is -2.24. The van der Waals surface area contributed by atoms with Crippen molar-refractivity contribution in [2.75, 3.05) is 33.0 Å². The van der Waals surface area contributed by atoms with Crippen LogP contribution in [-0.2, 0) is 14.3 Å². The van der Waals surface area contributed by atoms with Crippen LogP contribution in [0.2, 0.25) is 0 Å². The van der Waals surface area contributed by atoms with E-state index in [1.165, 1.54) is 11.0 Å². The molecule has 12 heteroatoms. The summed E-state index contributed by atoms with van der Waals surface area (Å²) in [5.74, 6) is -1.77. The number of aliphatic hydroxyl groups is 2. The molecule has 2 heterocycles. The third-order valence-corrected chi connectivity index (χ3v) is 7.86. The van der Waals surface area contributed by atoms with Crippen molar-refractivity contribution in [1.82, 2.24) is 15.5 Å². The molecule has 2 aromatic carbocycles. The number of aliphatic hydroxyl groups excluding tert-OH is 2. The van der Waals surface area contributed by atoms with Gasteiger partial charge in [0.1, 0.15) is 11.8 Å². The lowest BCUT2D eigenvalue weighted by atomic mass is 9.92. The van der Waals surface area contributed by atoms with Gasteiger partial charge in [-0.1, -0.05) is 44.9 Å². The van der Waals surface area contributed by atoms with Crippen molar-refractivity contribution in [3.63, 3.8) is 0 Å². The highest BCUT2D eigenvalue weighted by Gasteiger charge is 2.54. The van der Waals surface area contributed by atoms with Gasteiger partial charge in [-0.15, -0.1) is 0 Å². The summed E-state index contributed by atoms with van der Waals surface area (Å²) in [4.78, 5) is 65.0. The molecule has 0 saturated carbocycles. The Morgan fingerprint density at radius 1 is 0.933 bits per heavy atom. The molecule has 0 unspecified atom stereocenters. The minimum absolute atomic E-state index is 0.0448. The maximum Gasteiger partial charge on any atom is 0.261 e. The molecule has 0 aromatic heterocycles. The summed E-state index contributed by atoms with van der Waals surface area (Å²) in [5.41, 5.74) is -0.192. The number of nitrogens with zero attached hydrogens (tertiary/aromatic N) is 1. The molecule has 4 rings (SSSR count). The van der Waals surface area contributed by atoms with E-state index in [4.69, 9.17) is 9.47 Å². The van der Waals surface area contributed by atoms with Gasteiger partial charge in [0, 0.05) is 12.1 Å². The molecule has 1 fully saturated rings. The SMILES string of the molecule is CC(C)C[C@H](NC(=O)[C@H](CO)NC(=O)c1cccc(OCCCCCCN2C(=O)c3ccccc3C2=O)c1)C(=O)[C@]1(CO)CO1. The van der Waals surface area contributed by atoms with Gasteiger partial charge in [-0.2, -0.15) is 0 Å². The first-order valence-corrected chi connectivity index (χ1v) is 15.3. The molecule has 2 aromatic rings. The van der Waals surface area contributed by atoms with Gasteiger partial charge < -0.3 is 30.3 Å². The van der Waals surface area contributed by atoms with Gasteiger partial charge in [-0.3, -0.25) is 28.9 Å². The van der Waals surface area contributed by atoms with Gasteiger partial charge in [0.05, 0.1) is 43.6 Å². The van der Waals surface area contributed by atoms with Crippen LogP contribution in [0.1, 0.15) is 77.0 Å². The zero-order chi connectivity index (χ0) is 32.6. The van der Waals surface area contributed by atoms with Crippen molar-refractivity contribution in [3.8, 4) is 5.75 Å². The van der Waals surface area contributed by atoms with E-state index >= 15 is 0 Å². The quantitative estimate of drug-likeness (QED) is 0.110. The van der Waals surface area contributed by atoms with E-state index in [0.29, 0.717) is 42.9 Å². The van der Waals surface area contributed by atoms with Crippen molar-refractivity contribution in [1.29, 1.82) is 0 Å². The molecule has 4 N–H and O–H groups in total. The topological polar surface area (TPSA) is 175 Å². The van der Waals surface area contributed by atoms with Crippen molar-refractivity contribution in [3.05, 3.63) is 65.2 Å². The van der Waals surface area contributed by atoms with Crippen LogP contribution in [0.25, 0.3) is 0 Å². The van der Waals surface area contributed by atoms with Crippen molar-refractivity contribution in [2.45, 2.75) is 63.6 Å². The summed E-state index contributed by atoms with van der Waals surface area (Å²) >= 11 is 0. The number of imide groups is 1. The first-order chi connectivity index (χ1) is 21.6. The van der Waals surface area contributed by atoms with Crippen LogP contribution < -0.4 is 15.4 Å². The van der Waals surface area contributed by atoms with E-state index in [9.17, 15) is 34.2 Å². The number of epoxide rings is 1. The fourth-order valence-electron chi connectivity index (χ4n) is 5.21. The molecular weight excluding hydrogens is 582 g/mol. The zero-order valence-corrected chi connectivity index (χ0v) is 25.6. The summed E-state index contributed by atoms with van der Waals surface area (Å²) in [5, 5.41) is 24.5. The predicted molar refractivity (Wildman–Crippen MR) is 163 cm³/mol. The molecule has 12 nitrogen and oxygen atoms in total. The Labute approximate surface area is 262 Å². The number of carbonyl (C=O) groups is 5. The smallest absolute Gasteiger partial charge is 0.261 e. The molecule has 2 aliphatic heterocycles. The molecule has 0 radical (unpaired) electrons. The number of unbranched alkanes of at least 4 members (excludes halogenated alkanes) is 3. The molecule has 3 atom stereocenters. The maximum atomic E-state index is 12.9. The zero-order valence-electron chi connectivity index (χ0n) is 25.6. The van der Waals surface area contributed by atoms with E-state index in [0.717, 1.165) is 19.3 Å². The number of ether oxygens (including phenoxy) is 2. The summed E-state index contributed by atoms with van der Waals surface area (Å²) < 4.78 is 11.0. The van der Waals surface area contributed by atoms with Crippen molar-refractivity contribution >= 4 is 29.4 Å². The highest BCUT2D eigenvalue weighted by Crippen LogP contribution is 2.30. The minimum Gasteiger partial charge on any atom is -0.494 e. The highest BCUT2D eigenvalue weighted by atomic mass is 16.6. The third kappa shape index (κ3) is 8.33. The average molecular weight is 624 g/mol. The Hall–Kier alpha value is -4.13. The van der Waals surface area contributed by atoms with Gasteiger partial charge >= 0.3 is 0 Å². The number of amides is 4. The molecule has 4 amide bonds. The number of hydrogen-bond acceptors (Lipinski definition) is 9. The van der Waals surface area contributed by atoms with Crippen LogP contribution >= 0.6 is 0 Å². The molecule has 0 aliphatic carbocycles. The van der Waals surface area contributed by atoms with E-state index in [1.54, 1.807) is 42.5 Å². The molecule has 2 aliphatic rings. The normalized spacial score (nSPS) is 18.4. The number of hydrogen-bond donors (Lipinski definition) is 4. The van der Waals surface area contributed by atoms with Gasteiger partial charge in [0.15, 0.2) is 11.4 Å². The first kappa shape index (κ1) is 33.8. The van der Waals surface area contributed by atoms with Gasteiger partial charge in [0.25, 0.3) is 17.7 Å². The van der Waals surface area contributed by atoms with Crippen LogP contribution in [0.5, 0.6) is 5.75 Å². The van der Waals surface area contributed by atoms with Crippen molar-refractivity contribution < 1.29 is 43.7 Å². The predicted octanol–water partition coefficient (Wildman–Crippen LogP) is 1.87. The molecule has 45 heavy (non-hydrogen) atoms. The van der Waals surface area contributed by atoms with Crippen LogP contribution in [0, 0.1) is 5.92 Å². The van der Waals surface area contributed by atoms with E-state index in [2.05, 4.69) is 10.6 Å². The lowest BCUT2D eigenvalue weighted by molar-refractivity contribution is -0.133. The molecule has 1 saturated heterocycles. The Morgan fingerprint density at radius 3 is 2.20 bits per heavy atom. The van der Waals surface area contributed by atoms with Gasteiger partial charge in [-0.25, -0.2) is 0 Å². The second-order valence-electron chi connectivity index (χ2n) is 11.8. The summed E-state index contributed by atoms with van der Waals surface area (Å²) in [7, 11) is 0. The summed E-state index contributed by atoms with van der Waals surface area (Å²) in [6, 6.07) is 11.0. The lowest BCUT2D eigenvalue weighted by Crippen LogP contribution is -2.55. The number of Topliss-reactive ketones (excluding diaryl/α,β-unsaturated/α-hetero) is 1. The van der Waals surface area contributed by atoms with Crippen LogP contribution in [-0.4, -0.2) is 95.2 Å². The third-order valence-electron chi connectivity index (χ3n) is 7.86. The molecule has 0 spiro atoms. The Bertz CT molecular complexity index is 1370. The fraction of sp³-hybridized carbons (Fsp3) is 0.485. The molecule has 0 bridgehead atoms. The summed E-state index contributed by atoms with van der Waals surface area (Å²) in [6.07, 6.45) is 3.34. The Kier molecular flexibility index (Phi) is 11.4.